The lowest BCUT2D eigenvalue weighted by molar-refractivity contribution is -0.140. The zero-order valence-electron chi connectivity index (χ0n) is 24.0. The highest BCUT2D eigenvalue weighted by molar-refractivity contribution is 7.92. The van der Waals surface area contributed by atoms with Crippen molar-refractivity contribution in [3.05, 3.63) is 88.9 Å². The quantitative estimate of drug-likeness (QED) is 0.244. The molecule has 0 heterocycles. The molecule has 220 valence electrons. The number of amides is 2. The molecule has 41 heavy (non-hydrogen) atoms. The third-order valence-corrected chi connectivity index (χ3v) is 8.75. The Kier molecular flexibility index (Phi) is 11.6. The molecule has 0 radical (unpaired) electrons. The number of sulfonamides is 1. The molecule has 0 spiro atoms. The number of hydrogen-bond donors (Lipinski definition) is 1. The maximum Gasteiger partial charge on any atom is 0.264 e. The molecule has 2 amide bonds. The van der Waals surface area contributed by atoms with Crippen molar-refractivity contribution in [2.45, 2.75) is 57.5 Å². The third-order valence-electron chi connectivity index (χ3n) is 6.71. The molecule has 3 aromatic carbocycles. The van der Waals surface area contributed by atoms with E-state index in [2.05, 4.69) is 5.32 Å². The number of hydrogen-bond acceptors (Lipinski definition) is 5. The van der Waals surface area contributed by atoms with Gasteiger partial charge in [0, 0.05) is 24.2 Å². The van der Waals surface area contributed by atoms with Crippen LogP contribution in [0.1, 0.15) is 44.2 Å². The Morgan fingerprint density at radius 1 is 1.00 bits per heavy atom. The number of methoxy groups -OCH3 is 1. The van der Waals surface area contributed by atoms with Crippen LogP contribution in [-0.2, 0) is 26.2 Å². The number of aryl methyl sites for hydroxylation is 1. The lowest BCUT2D eigenvalue weighted by Gasteiger charge is -2.33. The normalized spacial score (nSPS) is 11.9. The van der Waals surface area contributed by atoms with Gasteiger partial charge in [0.15, 0.2) is 0 Å². The molecule has 0 aliphatic rings. The summed E-state index contributed by atoms with van der Waals surface area (Å²) in [7, 11) is -2.67. The van der Waals surface area contributed by atoms with E-state index in [0.29, 0.717) is 23.7 Å². The van der Waals surface area contributed by atoms with Crippen molar-refractivity contribution < 1.29 is 22.7 Å². The molecular weight excluding hydrogens is 562 g/mol. The highest BCUT2D eigenvalue weighted by atomic mass is 35.5. The van der Waals surface area contributed by atoms with E-state index in [1.54, 1.807) is 60.7 Å². The van der Waals surface area contributed by atoms with E-state index in [1.165, 1.54) is 24.1 Å². The lowest BCUT2D eigenvalue weighted by atomic mass is 10.1. The summed E-state index contributed by atoms with van der Waals surface area (Å²) in [6.07, 6.45) is 2.07. The van der Waals surface area contributed by atoms with E-state index < -0.39 is 28.5 Å². The average Bonchev–Trinajstić information content (AvgIpc) is 2.97. The molecule has 0 aromatic heterocycles. The van der Waals surface area contributed by atoms with Gasteiger partial charge in [-0.3, -0.25) is 13.9 Å². The van der Waals surface area contributed by atoms with Crippen LogP contribution in [0.15, 0.2) is 77.7 Å². The van der Waals surface area contributed by atoms with Gasteiger partial charge in [0.1, 0.15) is 18.3 Å². The number of nitrogens with one attached hydrogen (secondary N) is 1. The summed E-state index contributed by atoms with van der Waals surface area (Å²) >= 11 is 6.07. The van der Waals surface area contributed by atoms with Gasteiger partial charge < -0.3 is 15.0 Å². The molecule has 0 saturated heterocycles. The summed E-state index contributed by atoms with van der Waals surface area (Å²) in [6.45, 7) is 5.80. The predicted octanol–water partition coefficient (Wildman–Crippen LogP) is 5.58. The molecule has 3 aromatic rings. The molecule has 0 saturated carbocycles. The minimum Gasteiger partial charge on any atom is -0.497 e. The molecular formula is C31H38ClN3O5S. The number of unbranched alkanes of at least 4 members (excludes halogenated alkanes) is 1. The van der Waals surface area contributed by atoms with Gasteiger partial charge in [-0.15, -0.1) is 0 Å². The van der Waals surface area contributed by atoms with Crippen LogP contribution in [0.25, 0.3) is 0 Å². The smallest absolute Gasteiger partial charge is 0.264 e. The first-order chi connectivity index (χ1) is 19.6. The second-order valence-corrected chi connectivity index (χ2v) is 12.0. The van der Waals surface area contributed by atoms with Gasteiger partial charge in [0.05, 0.1) is 17.7 Å². The number of carbonyl (C=O) groups excluding carboxylic acids is 2. The van der Waals surface area contributed by atoms with Crippen molar-refractivity contribution >= 4 is 39.1 Å². The maximum atomic E-state index is 14.1. The van der Waals surface area contributed by atoms with Crippen molar-refractivity contribution in [2.24, 2.45) is 0 Å². The van der Waals surface area contributed by atoms with Crippen LogP contribution in [0.5, 0.6) is 5.75 Å². The Labute approximate surface area is 248 Å². The topological polar surface area (TPSA) is 96.0 Å². The molecule has 8 nitrogen and oxygen atoms in total. The Morgan fingerprint density at radius 3 is 2.29 bits per heavy atom. The zero-order chi connectivity index (χ0) is 30.0. The predicted molar refractivity (Wildman–Crippen MR) is 163 cm³/mol. The van der Waals surface area contributed by atoms with Crippen LogP contribution in [0.3, 0.4) is 0 Å². The van der Waals surface area contributed by atoms with Gasteiger partial charge in [-0.05, 0) is 61.7 Å². The van der Waals surface area contributed by atoms with Gasteiger partial charge in [-0.25, -0.2) is 8.42 Å². The zero-order valence-corrected chi connectivity index (χ0v) is 25.5. The molecule has 1 unspecified atom stereocenters. The summed E-state index contributed by atoms with van der Waals surface area (Å²) in [5, 5.41) is 3.47. The monoisotopic (exact) mass is 599 g/mol. The van der Waals surface area contributed by atoms with E-state index in [0.717, 1.165) is 28.3 Å². The summed E-state index contributed by atoms with van der Waals surface area (Å²) < 4.78 is 34.3. The van der Waals surface area contributed by atoms with Crippen molar-refractivity contribution in [3.8, 4) is 5.75 Å². The van der Waals surface area contributed by atoms with E-state index in [4.69, 9.17) is 16.3 Å². The number of nitrogens with zero attached hydrogens (tertiary/aromatic N) is 2. The first-order valence-corrected chi connectivity index (χ1v) is 15.5. The number of benzene rings is 3. The van der Waals surface area contributed by atoms with Crippen molar-refractivity contribution in [3.63, 3.8) is 0 Å². The van der Waals surface area contributed by atoms with E-state index in [-0.39, 0.29) is 23.0 Å². The first kappa shape index (κ1) is 32.0. The molecule has 10 heteroatoms. The van der Waals surface area contributed by atoms with E-state index >= 15 is 0 Å². The van der Waals surface area contributed by atoms with Crippen LogP contribution in [0, 0.1) is 6.92 Å². The SMILES string of the molecule is CCCCNC(=O)C(CC)N(Cc1ccc(Cl)cc1)C(=O)CN(c1cccc(OC)c1)S(=O)(=O)c1ccc(C)cc1. The Hall–Kier alpha value is -3.56. The highest BCUT2D eigenvalue weighted by Crippen LogP contribution is 2.28. The number of halogens is 1. The average molecular weight is 600 g/mol. The molecule has 0 bridgehead atoms. The number of rotatable bonds is 14. The van der Waals surface area contributed by atoms with Crippen molar-refractivity contribution in [1.82, 2.24) is 10.2 Å². The summed E-state index contributed by atoms with van der Waals surface area (Å²) in [5.41, 5.74) is 1.93. The summed E-state index contributed by atoms with van der Waals surface area (Å²) in [6, 6.07) is 19.2. The van der Waals surface area contributed by atoms with Crippen LogP contribution in [-0.4, -0.2) is 51.4 Å². The fourth-order valence-corrected chi connectivity index (χ4v) is 5.88. The Morgan fingerprint density at radius 2 is 1.68 bits per heavy atom. The number of ether oxygens (including phenoxy) is 1. The van der Waals surface area contributed by atoms with E-state index in [1.807, 2.05) is 20.8 Å². The Bertz CT molecular complexity index is 1410. The summed E-state index contributed by atoms with van der Waals surface area (Å²) in [5.74, 6) is -0.354. The fourth-order valence-electron chi connectivity index (χ4n) is 4.34. The lowest BCUT2D eigenvalue weighted by Crippen LogP contribution is -2.52. The molecule has 0 aliphatic carbocycles. The minimum atomic E-state index is -4.16. The second-order valence-electron chi connectivity index (χ2n) is 9.74. The van der Waals surface area contributed by atoms with Crippen LogP contribution in [0.2, 0.25) is 5.02 Å². The van der Waals surface area contributed by atoms with Crippen molar-refractivity contribution in [2.75, 3.05) is 24.5 Å². The van der Waals surface area contributed by atoms with Gasteiger partial charge in [0.25, 0.3) is 10.0 Å². The standard InChI is InChI=1S/C31H38ClN3O5S/c1-5-7-19-33-31(37)29(6-2)34(21-24-13-15-25(32)16-14-24)30(36)22-35(26-9-8-10-27(20-26)40-4)41(38,39)28-17-11-23(3)12-18-28/h8-18,20,29H,5-7,19,21-22H2,1-4H3,(H,33,37). The van der Waals surface area contributed by atoms with Gasteiger partial charge in [0.2, 0.25) is 11.8 Å². The summed E-state index contributed by atoms with van der Waals surface area (Å²) in [4.78, 5) is 28.9. The highest BCUT2D eigenvalue weighted by Gasteiger charge is 2.33. The van der Waals surface area contributed by atoms with E-state index in [9.17, 15) is 18.0 Å². The van der Waals surface area contributed by atoms with Crippen LogP contribution < -0.4 is 14.4 Å². The Balaban J connectivity index is 2.05. The van der Waals surface area contributed by atoms with Gasteiger partial charge >= 0.3 is 0 Å². The maximum absolute atomic E-state index is 14.1. The van der Waals surface area contributed by atoms with Crippen molar-refractivity contribution in [1.29, 1.82) is 0 Å². The van der Waals surface area contributed by atoms with Crippen LogP contribution >= 0.6 is 11.6 Å². The van der Waals surface area contributed by atoms with Gasteiger partial charge in [-0.1, -0.05) is 67.8 Å². The first-order valence-electron chi connectivity index (χ1n) is 13.7. The largest absolute Gasteiger partial charge is 0.497 e. The number of carbonyl (C=O) groups is 2. The fraction of sp³-hybridized carbons (Fsp3) is 0.355. The molecule has 0 fully saturated rings. The van der Waals surface area contributed by atoms with Crippen LogP contribution in [0.4, 0.5) is 5.69 Å². The van der Waals surface area contributed by atoms with Gasteiger partial charge in [-0.2, -0.15) is 0 Å². The molecule has 1 N–H and O–H groups in total. The molecule has 1 atom stereocenters. The molecule has 3 rings (SSSR count). The second kappa shape index (κ2) is 14.9. The third kappa shape index (κ3) is 8.47. The molecule has 0 aliphatic heterocycles. The number of anilines is 1. The minimum absolute atomic E-state index is 0.0484.